The molecule has 2 N–H and O–H groups in total. The lowest BCUT2D eigenvalue weighted by Gasteiger charge is -2.30. The van der Waals surface area contributed by atoms with Crippen LogP contribution in [0.3, 0.4) is 0 Å². The minimum Gasteiger partial charge on any atom is -0.496 e. The maximum atomic E-state index is 9.80. The molecule has 0 atom stereocenters. The summed E-state index contributed by atoms with van der Waals surface area (Å²) in [7, 11) is 1.60. The van der Waals surface area contributed by atoms with Crippen molar-refractivity contribution in [3.8, 4) is 16.9 Å². The smallest absolute Gasteiger partial charge is 0.137 e. The third-order valence-corrected chi connectivity index (χ3v) is 6.64. The average Bonchev–Trinajstić information content (AvgIpc) is 3.09. The number of hydrogen-bond acceptors (Lipinski definition) is 6. The molecule has 1 fully saturated rings. The molecule has 0 aliphatic carbocycles. The van der Waals surface area contributed by atoms with Gasteiger partial charge in [0.1, 0.15) is 11.6 Å². The Hall–Kier alpha value is -3.71. The molecule has 3 aromatic carbocycles. The van der Waals surface area contributed by atoms with E-state index in [2.05, 4.69) is 29.7 Å². The predicted octanol–water partition coefficient (Wildman–Crippen LogP) is 4.49. The van der Waals surface area contributed by atoms with Gasteiger partial charge in [0.2, 0.25) is 0 Å². The molecule has 0 amide bonds. The van der Waals surface area contributed by atoms with Crippen LogP contribution in [-0.2, 0) is 18.0 Å². The molecule has 5 rings (SSSR count). The van der Waals surface area contributed by atoms with Crippen molar-refractivity contribution >= 4 is 17.1 Å². The third-order valence-electron chi connectivity index (χ3n) is 6.64. The number of aliphatic imine (C=N–C) groups is 1. The first kappa shape index (κ1) is 24.0. The molecule has 0 unspecified atom stereocenters. The first-order valence-corrected chi connectivity index (χ1v) is 12.1. The SMILES string of the molecule is C=C1C=C(c2cccc(CO)c2)N=C(N2CCOCC2)c2ccc(-c3ccc(OC)c(CO)c3)cc21. The number of aliphatic hydroxyl groups excluding tert-OH is 2. The largest absolute Gasteiger partial charge is 0.496 e. The van der Waals surface area contributed by atoms with Gasteiger partial charge in [-0.25, -0.2) is 4.99 Å². The van der Waals surface area contributed by atoms with Gasteiger partial charge in [-0.3, -0.25) is 0 Å². The van der Waals surface area contributed by atoms with E-state index in [1.165, 1.54) is 0 Å². The minimum absolute atomic E-state index is 0.0244. The maximum absolute atomic E-state index is 9.80. The number of ether oxygens (including phenoxy) is 2. The molecule has 2 aliphatic heterocycles. The molecule has 2 heterocycles. The molecule has 6 nitrogen and oxygen atoms in total. The standard InChI is InChI=1S/C30H30N2O4/c1-20-14-28(24-5-3-4-21(15-24)18-33)31-30(32-10-12-36-13-11-32)26-8-6-23(17-27(20)26)22-7-9-29(35-2)25(16-22)19-34/h3-9,14-17,33-34H,1,10-13,18-19H2,2H3. The molecular weight excluding hydrogens is 452 g/mol. The van der Waals surface area contributed by atoms with Gasteiger partial charge >= 0.3 is 0 Å². The maximum Gasteiger partial charge on any atom is 0.137 e. The number of nitrogens with zero attached hydrogens (tertiary/aromatic N) is 2. The van der Waals surface area contributed by atoms with Gasteiger partial charge in [0.25, 0.3) is 0 Å². The first-order chi connectivity index (χ1) is 17.6. The quantitative estimate of drug-likeness (QED) is 0.561. The van der Waals surface area contributed by atoms with E-state index in [4.69, 9.17) is 14.5 Å². The highest BCUT2D eigenvalue weighted by molar-refractivity contribution is 6.09. The van der Waals surface area contributed by atoms with Crippen LogP contribution in [0.15, 0.2) is 78.3 Å². The normalized spacial score (nSPS) is 15.6. The molecule has 36 heavy (non-hydrogen) atoms. The molecule has 0 saturated carbocycles. The van der Waals surface area contributed by atoms with E-state index >= 15 is 0 Å². The number of hydrogen-bond donors (Lipinski definition) is 2. The Morgan fingerprint density at radius 2 is 1.69 bits per heavy atom. The van der Waals surface area contributed by atoms with Gasteiger partial charge in [-0.05, 0) is 58.2 Å². The van der Waals surface area contributed by atoms with Crippen LogP contribution in [0, 0.1) is 0 Å². The monoisotopic (exact) mass is 482 g/mol. The summed E-state index contributed by atoms with van der Waals surface area (Å²) in [4.78, 5) is 7.41. The van der Waals surface area contributed by atoms with Crippen molar-refractivity contribution < 1.29 is 19.7 Å². The number of fused-ring (bicyclic) bond motifs is 1. The van der Waals surface area contributed by atoms with Crippen molar-refractivity contribution in [3.05, 3.63) is 101 Å². The zero-order chi connectivity index (χ0) is 25.1. The molecule has 0 radical (unpaired) electrons. The molecule has 0 aromatic heterocycles. The summed E-state index contributed by atoms with van der Waals surface area (Å²) in [5.74, 6) is 1.56. The Labute approximate surface area is 211 Å². The average molecular weight is 483 g/mol. The summed E-state index contributed by atoms with van der Waals surface area (Å²) < 4.78 is 11.0. The zero-order valence-corrected chi connectivity index (χ0v) is 20.4. The molecular formula is C30H30N2O4. The number of benzene rings is 3. The van der Waals surface area contributed by atoms with E-state index in [0.717, 1.165) is 69.1 Å². The van der Waals surface area contributed by atoms with E-state index in [9.17, 15) is 10.2 Å². The van der Waals surface area contributed by atoms with Gasteiger partial charge in [0.15, 0.2) is 0 Å². The summed E-state index contributed by atoms with van der Waals surface area (Å²) in [6, 6.07) is 20.0. The van der Waals surface area contributed by atoms with Crippen LogP contribution in [0.1, 0.15) is 27.8 Å². The lowest BCUT2D eigenvalue weighted by atomic mass is 9.93. The fourth-order valence-electron chi connectivity index (χ4n) is 4.71. The van der Waals surface area contributed by atoms with Crippen LogP contribution >= 0.6 is 0 Å². The number of morpholine rings is 1. The van der Waals surface area contributed by atoms with Gasteiger partial charge in [-0.2, -0.15) is 0 Å². The minimum atomic E-state index is -0.0957. The van der Waals surface area contributed by atoms with E-state index in [0.29, 0.717) is 19.0 Å². The van der Waals surface area contributed by atoms with Crippen molar-refractivity contribution in [1.29, 1.82) is 0 Å². The highest BCUT2D eigenvalue weighted by Crippen LogP contribution is 2.35. The molecule has 184 valence electrons. The van der Waals surface area contributed by atoms with Crippen LogP contribution in [0.5, 0.6) is 5.75 Å². The molecule has 1 saturated heterocycles. The number of allylic oxidation sites excluding steroid dienone is 2. The van der Waals surface area contributed by atoms with E-state index in [-0.39, 0.29) is 13.2 Å². The zero-order valence-electron chi connectivity index (χ0n) is 20.4. The van der Waals surface area contributed by atoms with Gasteiger partial charge in [-0.15, -0.1) is 0 Å². The second-order valence-corrected chi connectivity index (χ2v) is 8.89. The lowest BCUT2D eigenvalue weighted by Crippen LogP contribution is -2.41. The van der Waals surface area contributed by atoms with Gasteiger partial charge in [-0.1, -0.05) is 43.0 Å². The topological polar surface area (TPSA) is 74.5 Å². The fraction of sp³-hybridized carbons (Fsp3) is 0.233. The van der Waals surface area contributed by atoms with Crippen LogP contribution in [0.4, 0.5) is 0 Å². The lowest BCUT2D eigenvalue weighted by molar-refractivity contribution is 0.0683. The van der Waals surface area contributed by atoms with Crippen molar-refractivity contribution in [2.75, 3.05) is 33.4 Å². The van der Waals surface area contributed by atoms with E-state index in [1.807, 2.05) is 48.5 Å². The Kier molecular flexibility index (Phi) is 7.00. The summed E-state index contributed by atoms with van der Waals surface area (Å²) in [6.07, 6.45) is 2.01. The number of aliphatic hydroxyl groups is 2. The summed E-state index contributed by atoms with van der Waals surface area (Å²) >= 11 is 0. The van der Waals surface area contributed by atoms with Crippen molar-refractivity contribution in [2.45, 2.75) is 13.2 Å². The van der Waals surface area contributed by atoms with Crippen molar-refractivity contribution in [1.82, 2.24) is 4.90 Å². The molecule has 0 bridgehead atoms. The van der Waals surface area contributed by atoms with Gasteiger partial charge < -0.3 is 24.6 Å². The van der Waals surface area contributed by atoms with Crippen LogP contribution in [0.25, 0.3) is 22.4 Å². The summed E-state index contributed by atoms with van der Waals surface area (Å²) in [6.45, 7) is 7.11. The molecule has 6 heteroatoms. The van der Waals surface area contributed by atoms with E-state index in [1.54, 1.807) is 7.11 Å². The number of rotatable bonds is 5. The fourth-order valence-corrected chi connectivity index (χ4v) is 4.71. The second-order valence-electron chi connectivity index (χ2n) is 8.89. The highest BCUT2D eigenvalue weighted by atomic mass is 16.5. The first-order valence-electron chi connectivity index (χ1n) is 12.1. The van der Waals surface area contributed by atoms with Crippen molar-refractivity contribution in [2.24, 2.45) is 4.99 Å². The Balaban J connectivity index is 1.63. The van der Waals surface area contributed by atoms with Crippen molar-refractivity contribution in [3.63, 3.8) is 0 Å². The van der Waals surface area contributed by atoms with E-state index < -0.39 is 0 Å². The number of amidine groups is 1. The van der Waals surface area contributed by atoms with Gasteiger partial charge in [0, 0.05) is 29.8 Å². The number of methoxy groups -OCH3 is 1. The Morgan fingerprint density at radius 3 is 2.44 bits per heavy atom. The van der Waals surface area contributed by atoms with Crippen LogP contribution < -0.4 is 4.74 Å². The molecule has 3 aromatic rings. The Bertz CT molecular complexity index is 1350. The van der Waals surface area contributed by atoms with Crippen LogP contribution in [-0.4, -0.2) is 54.4 Å². The third kappa shape index (κ3) is 4.71. The van der Waals surface area contributed by atoms with Gasteiger partial charge in [0.05, 0.1) is 39.2 Å². The highest BCUT2D eigenvalue weighted by Gasteiger charge is 2.24. The summed E-state index contributed by atoms with van der Waals surface area (Å²) in [5.41, 5.74) is 8.22. The second kappa shape index (κ2) is 10.5. The van der Waals surface area contributed by atoms with Crippen LogP contribution in [0.2, 0.25) is 0 Å². The predicted molar refractivity (Wildman–Crippen MR) is 143 cm³/mol. The Morgan fingerprint density at radius 1 is 0.917 bits per heavy atom. The summed E-state index contributed by atoms with van der Waals surface area (Å²) in [5, 5.41) is 19.5. The molecule has 0 spiro atoms. The molecule has 2 aliphatic rings.